The highest BCUT2D eigenvalue weighted by atomic mass is 16.1. The third-order valence-corrected chi connectivity index (χ3v) is 3.37. The Morgan fingerprint density at radius 1 is 1.53 bits per heavy atom. The largest absolute Gasteiger partial charge is 0.356 e. The molecule has 3 N–H and O–H groups in total. The van der Waals surface area contributed by atoms with Crippen LogP contribution < -0.4 is 11.1 Å². The fraction of sp³-hybridized carbons (Fsp3) is 0.917. The van der Waals surface area contributed by atoms with Crippen molar-refractivity contribution in [2.45, 2.75) is 45.4 Å². The zero-order valence-electron chi connectivity index (χ0n) is 9.80. The third-order valence-electron chi connectivity index (χ3n) is 3.37. The zero-order valence-corrected chi connectivity index (χ0v) is 9.80. The van der Waals surface area contributed by atoms with Crippen molar-refractivity contribution < 1.29 is 4.79 Å². The van der Waals surface area contributed by atoms with Crippen molar-refractivity contribution in [2.75, 3.05) is 13.1 Å². The first-order valence-corrected chi connectivity index (χ1v) is 6.21. The van der Waals surface area contributed by atoms with Gasteiger partial charge in [-0.25, -0.2) is 0 Å². The molecule has 88 valence electrons. The quantitative estimate of drug-likeness (QED) is 0.674. The molecule has 1 aliphatic carbocycles. The molecule has 1 rings (SSSR count). The Morgan fingerprint density at radius 3 is 2.80 bits per heavy atom. The van der Waals surface area contributed by atoms with Crippen molar-refractivity contribution >= 4 is 5.91 Å². The third kappa shape index (κ3) is 4.65. The van der Waals surface area contributed by atoms with E-state index in [0.29, 0.717) is 6.54 Å². The summed E-state index contributed by atoms with van der Waals surface area (Å²) in [6.07, 6.45) is 7.11. The fourth-order valence-electron chi connectivity index (χ4n) is 1.91. The van der Waals surface area contributed by atoms with Gasteiger partial charge in [0.2, 0.25) is 5.91 Å². The molecular weight excluding hydrogens is 188 g/mol. The summed E-state index contributed by atoms with van der Waals surface area (Å²) in [5, 5.41) is 3.01. The van der Waals surface area contributed by atoms with Gasteiger partial charge in [-0.3, -0.25) is 4.79 Å². The maximum atomic E-state index is 11.6. The Hall–Kier alpha value is -0.570. The molecular formula is C12H24N2O. The zero-order chi connectivity index (χ0) is 11.1. The summed E-state index contributed by atoms with van der Waals surface area (Å²) < 4.78 is 0. The van der Waals surface area contributed by atoms with Gasteiger partial charge in [0.25, 0.3) is 0 Å². The van der Waals surface area contributed by atoms with E-state index in [1.165, 1.54) is 19.3 Å². The molecule has 0 aromatic heterocycles. The number of rotatable bonds is 7. The van der Waals surface area contributed by atoms with Gasteiger partial charge in [0.1, 0.15) is 0 Å². The first-order valence-electron chi connectivity index (χ1n) is 6.21. The predicted molar refractivity (Wildman–Crippen MR) is 62.4 cm³/mol. The minimum absolute atomic E-state index is 0.120. The van der Waals surface area contributed by atoms with Crippen LogP contribution in [0.2, 0.25) is 0 Å². The van der Waals surface area contributed by atoms with Crippen LogP contribution in [0, 0.1) is 11.8 Å². The highest BCUT2D eigenvalue weighted by Gasteiger charge is 2.17. The van der Waals surface area contributed by atoms with E-state index in [-0.39, 0.29) is 11.8 Å². The lowest BCUT2D eigenvalue weighted by atomic mass is 9.83. The fourth-order valence-corrected chi connectivity index (χ4v) is 1.91. The first kappa shape index (κ1) is 12.5. The van der Waals surface area contributed by atoms with Gasteiger partial charge in [-0.1, -0.05) is 26.2 Å². The monoisotopic (exact) mass is 212 g/mol. The number of amides is 1. The van der Waals surface area contributed by atoms with Crippen LogP contribution in [0.25, 0.3) is 0 Å². The van der Waals surface area contributed by atoms with Gasteiger partial charge >= 0.3 is 0 Å². The Morgan fingerprint density at radius 2 is 2.27 bits per heavy atom. The molecule has 0 aromatic carbocycles. The van der Waals surface area contributed by atoms with Crippen LogP contribution in [-0.2, 0) is 4.79 Å². The molecule has 0 saturated heterocycles. The van der Waals surface area contributed by atoms with Gasteiger partial charge in [0, 0.05) is 12.5 Å². The summed E-state index contributed by atoms with van der Waals surface area (Å²) >= 11 is 0. The second kappa shape index (κ2) is 6.83. The van der Waals surface area contributed by atoms with Crippen molar-refractivity contribution in [2.24, 2.45) is 17.6 Å². The van der Waals surface area contributed by atoms with Crippen LogP contribution in [0.4, 0.5) is 0 Å². The lowest BCUT2D eigenvalue weighted by Crippen LogP contribution is -2.31. The van der Waals surface area contributed by atoms with E-state index in [2.05, 4.69) is 5.32 Å². The van der Waals surface area contributed by atoms with Gasteiger partial charge in [-0.2, -0.15) is 0 Å². The predicted octanol–water partition coefficient (Wildman–Crippen LogP) is 1.67. The van der Waals surface area contributed by atoms with E-state index >= 15 is 0 Å². The standard InChI is InChI=1S/C12H24N2O/c1-10(4-3-8-13)12(15)14-9-7-11-5-2-6-11/h10-11H,2-9,13H2,1H3,(H,14,15). The summed E-state index contributed by atoms with van der Waals surface area (Å²) in [6.45, 7) is 3.52. The minimum Gasteiger partial charge on any atom is -0.356 e. The molecule has 0 radical (unpaired) electrons. The van der Waals surface area contributed by atoms with Crippen LogP contribution in [0.5, 0.6) is 0 Å². The van der Waals surface area contributed by atoms with Crippen LogP contribution in [0.1, 0.15) is 45.4 Å². The highest BCUT2D eigenvalue weighted by Crippen LogP contribution is 2.28. The van der Waals surface area contributed by atoms with Crippen molar-refractivity contribution in [3.8, 4) is 0 Å². The first-order chi connectivity index (χ1) is 7.24. The number of carbonyl (C=O) groups is 1. The number of carbonyl (C=O) groups excluding carboxylic acids is 1. The maximum Gasteiger partial charge on any atom is 0.222 e. The molecule has 1 fully saturated rings. The van der Waals surface area contributed by atoms with E-state index in [4.69, 9.17) is 5.73 Å². The van der Waals surface area contributed by atoms with Crippen LogP contribution in [0.15, 0.2) is 0 Å². The van der Waals surface area contributed by atoms with E-state index in [0.717, 1.165) is 31.7 Å². The van der Waals surface area contributed by atoms with E-state index < -0.39 is 0 Å². The van der Waals surface area contributed by atoms with E-state index in [1.807, 2.05) is 6.92 Å². The van der Waals surface area contributed by atoms with Crippen LogP contribution in [-0.4, -0.2) is 19.0 Å². The Balaban J connectivity index is 2.00. The van der Waals surface area contributed by atoms with E-state index in [9.17, 15) is 4.79 Å². The molecule has 0 aliphatic heterocycles. The Labute approximate surface area is 92.8 Å². The number of nitrogens with one attached hydrogen (secondary N) is 1. The van der Waals surface area contributed by atoms with Crippen molar-refractivity contribution in [3.63, 3.8) is 0 Å². The topological polar surface area (TPSA) is 55.1 Å². The number of hydrogen-bond acceptors (Lipinski definition) is 2. The molecule has 1 atom stereocenters. The molecule has 0 spiro atoms. The van der Waals surface area contributed by atoms with E-state index in [1.54, 1.807) is 0 Å². The molecule has 1 aliphatic rings. The number of nitrogens with two attached hydrogens (primary N) is 1. The molecule has 3 nitrogen and oxygen atoms in total. The molecule has 15 heavy (non-hydrogen) atoms. The highest BCUT2D eigenvalue weighted by molar-refractivity contribution is 5.78. The normalized spacial score (nSPS) is 18.3. The minimum atomic E-state index is 0.120. The summed E-state index contributed by atoms with van der Waals surface area (Å²) in [6, 6.07) is 0. The van der Waals surface area contributed by atoms with Gasteiger partial charge < -0.3 is 11.1 Å². The summed E-state index contributed by atoms with van der Waals surface area (Å²) in [7, 11) is 0. The maximum absolute atomic E-state index is 11.6. The molecule has 3 heteroatoms. The average molecular weight is 212 g/mol. The lowest BCUT2D eigenvalue weighted by Gasteiger charge is -2.25. The molecule has 0 bridgehead atoms. The molecule has 0 aromatic rings. The van der Waals surface area contributed by atoms with Crippen molar-refractivity contribution in [1.29, 1.82) is 0 Å². The van der Waals surface area contributed by atoms with Crippen LogP contribution >= 0.6 is 0 Å². The number of hydrogen-bond donors (Lipinski definition) is 2. The van der Waals surface area contributed by atoms with Gasteiger partial charge in [-0.05, 0) is 31.7 Å². The second-order valence-electron chi connectivity index (χ2n) is 4.71. The molecule has 1 saturated carbocycles. The summed E-state index contributed by atoms with van der Waals surface area (Å²) in [5.41, 5.74) is 5.41. The average Bonchev–Trinajstić information content (AvgIpc) is 2.17. The van der Waals surface area contributed by atoms with Gasteiger partial charge in [0.15, 0.2) is 0 Å². The van der Waals surface area contributed by atoms with Gasteiger partial charge in [0.05, 0.1) is 0 Å². The SMILES string of the molecule is CC(CCCN)C(=O)NCCC1CCC1. The molecule has 1 amide bonds. The molecule has 1 unspecified atom stereocenters. The Kier molecular flexibility index (Phi) is 5.69. The summed E-state index contributed by atoms with van der Waals surface area (Å²) in [5.74, 6) is 1.20. The van der Waals surface area contributed by atoms with Crippen LogP contribution in [0.3, 0.4) is 0 Å². The summed E-state index contributed by atoms with van der Waals surface area (Å²) in [4.78, 5) is 11.6. The Bertz CT molecular complexity index is 190. The smallest absolute Gasteiger partial charge is 0.222 e. The lowest BCUT2D eigenvalue weighted by molar-refractivity contribution is -0.124. The molecule has 0 heterocycles. The second-order valence-corrected chi connectivity index (χ2v) is 4.71. The van der Waals surface area contributed by atoms with Crippen molar-refractivity contribution in [3.05, 3.63) is 0 Å². The van der Waals surface area contributed by atoms with Gasteiger partial charge in [-0.15, -0.1) is 0 Å². The van der Waals surface area contributed by atoms with Crippen molar-refractivity contribution in [1.82, 2.24) is 5.32 Å².